The van der Waals surface area contributed by atoms with Gasteiger partial charge in [0.05, 0.1) is 20.3 Å². The van der Waals surface area contributed by atoms with Gasteiger partial charge in [-0.2, -0.15) is 0 Å². The van der Waals surface area contributed by atoms with Gasteiger partial charge in [0.25, 0.3) is 5.91 Å². The summed E-state index contributed by atoms with van der Waals surface area (Å²) < 4.78 is 12.1. The minimum atomic E-state index is -0.526. The Morgan fingerprint density at radius 3 is 2.59 bits per heavy atom. The van der Waals surface area contributed by atoms with Crippen molar-refractivity contribution in [1.82, 2.24) is 9.55 Å². The zero-order valence-electron chi connectivity index (χ0n) is 16.3. The Hall–Kier alpha value is -2.78. The highest BCUT2D eigenvalue weighted by molar-refractivity contribution is 7.98. The summed E-state index contributed by atoms with van der Waals surface area (Å²) in [5.74, 6) is -0.0580. The Kier molecular flexibility index (Phi) is 6.95. The number of nitrogens with zero attached hydrogens (tertiary/aromatic N) is 2. The van der Waals surface area contributed by atoms with Crippen LogP contribution in [0.15, 0.2) is 46.9 Å². The lowest BCUT2D eigenvalue weighted by molar-refractivity contribution is 0.0514. The standard InChI is InChI=1S/C20H21N3O4S2/c1-4-27-19(25)16-17(21-18(24)13-7-9-14(26-2)10-8-13)22-20(28-3)23(16)12-15-6-5-11-29-15/h5-11H,4,12H2,1-3H3,(H,21,24). The van der Waals surface area contributed by atoms with E-state index in [0.717, 1.165) is 4.88 Å². The topological polar surface area (TPSA) is 82.4 Å². The number of imidazole rings is 1. The van der Waals surface area contributed by atoms with Crippen LogP contribution < -0.4 is 10.1 Å². The van der Waals surface area contributed by atoms with Gasteiger partial charge in [0.2, 0.25) is 0 Å². The molecule has 7 nitrogen and oxygen atoms in total. The van der Waals surface area contributed by atoms with E-state index in [1.165, 1.54) is 11.8 Å². The monoisotopic (exact) mass is 431 g/mol. The van der Waals surface area contributed by atoms with E-state index in [0.29, 0.717) is 23.0 Å². The molecule has 0 radical (unpaired) electrons. The number of carbonyl (C=O) groups excluding carboxylic acids is 2. The third kappa shape index (κ3) is 4.80. The fourth-order valence-corrected chi connectivity index (χ4v) is 3.96. The van der Waals surface area contributed by atoms with Crippen LogP contribution in [-0.2, 0) is 11.3 Å². The quantitative estimate of drug-likeness (QED) is 0.426. The molecular weight excluding hydrogens is 410 g/mol. The predicted octanol–water partition coefficient (Wildman–Crippen LogP) is 4.15. The van der Waals surface area contributed by atoms with Crippen molar-refractivity contribution in [3.8, 4) is 5.75 Å². The number of anilines is 1. The van der Waals surface area contributed by atoms with Gasteiger partial charge in [0.1, 0.15) is 5.75 Å². The van der Waals surface area contributed by atoms with Gasteiger partial charge in [-0.3, -0.25) is 4.79 Å². The molecule has 3 rings (SSSR count). The Balaban J connectivity index is 1.96. The van der Waals surface area contributed by atoms with Gasteiger partial charge in [0.15, 0.2) is 16.7 Å². The smallest absolute Gasteiger partial charge is 0.358 e. The molecule has 1 amide bonds. The molecule has 2 aromatic heterocycles. The third-order valence-electron chi connectivity index (χ3n) is 4.06. The SMILES string of the molecule is CCOC(=O)c1c(NC(=O)c2ccc(OC)cc2)nc(SC)n1Cc1cccs1. The number of hydrogen-bond acceptors (Lipinski definition) is 7. The molecule has 0 bridgehead atoms. The van der Waals surface area contributed by atoms with Crippen LogP contribution in [0.1, 0.15) is 32.6 Å². The summed E-state index contributed by atoms with van der Waals surface area (Å²) in [6, 6.07) is 10.6. The largest absolute Gasteiger partial charge is 0.497 e. The summed E-state index contributed by atoms with van der Waals surface area (Å²) in [4.78, 5) is 31.0. The van der Waals surface area contributed by atoms with E-state index in [1.54, 1.807) is 54.2 Å². The van der Waals surface area contributed by atoms with Crippen molar-refractivity contribution in [2.45, 2.75) is 18.6 Å². The normalized spacial score (nSPS) is 10.6. The molecule has 0 unspecified atom stereocenters. The van der Waals surface area contributed by atoms with E-state index in [4.69, 9.17) is 9.47 Å². The first-order chi connectivity index (χ1) is 14.1. The van der Waals surface area contributed by atoms with Gasteiger partial charge in [0, 0.05) is 10.4 Å². The van der Waals surface area contributed by atoms with Crippen LogP contribution >= 0.6 is 23.1 Å². The van der Waals surface area contributed by atoms with Gasteiger partial charge in [-0.1, -0.05) is 17.8 Å². The molecule has 1 aromatic carbocycles. The Bertz CT molecular complexity index is 982. The molecule has 1 N–H and O–H groups in total. The second-order valence-electron chi connectivity index (χ2n) is 5.86. The molecule has 0 saturated heterocycles. The number of esters is 1. The summed E-state index contributed by atoms with van der Waals surface area (Å²) in [5, 5.41) is 5.35. The molecule has 29 heavy (non-hydrogen) atoms. The van der Waals surface area contributed by atoms with Crippen molar-refractivity contribution in [1.29, 1.82) is 0 Å². The number of amides is 1. The third-order valence-corrected chi connectivity index (χ3v) is 5.60. The molecular formula is C20H21N3O4S2. The Morgan fingerprint density at radius 2 is 2.00 bits per heavy atom. The predicted molar refractivity (Wildman–Crippen MR) is 114 cm³/mol. The number of methoxy groups -OCH3 is 1. The van der Waals surface area contributed by atoms with Crippen molar-refractivity contribution in [3.05, 3.63) is 57.9 Å². The van der Waals surface area contributed by atoms with Gasteiger partial charge in [-0.15, -0.1) is 11.3 Å². The van der Waals surface area contributed by atoms with Gasteiger partial charge in [-0.05, 0) is 48.9 Å². The van der Waals surface area contributed by atoms with E-state index in [1.807, 2.05) is 23.8 Å². The molecule has 152 valence electrons. The number of carbonyl (C=O) groups is 2. The fraction of sp³-hybridized carbons (Fsp3) is 0.250. The number of thioether (sulfide) groups is 1. The highest BCUT2D eigenvalue weighted by Gasteiger charge is 2.26. The zero-order chi connectivity index (χ0) is 20.8. The minimum Gasteiger partial charge on any atom is -0.497 e. The average Bonchev–Trinajstić information content (AvgIpc) is 3.36. The molecule has 0 aliphatic carbocycles. The van der Waals surface area contributed by atoms with Crippen LogP contribution in [0.3, 0.4) is 0 Å². The molecule has 2 heterocycles. The first-order valence-electron chi connectivity index (χ1n) is 8.86. The van der Waals surface area contributed by atoms with E-state index in [-0.39, 0.29) is 24.0 Å². The Labute approximate surface area is 177 Å². The van der Waals surface area contributed by atoms with Crippen LogP contribution in [0.25, 0.3) is 0 Å². The van der Waals surface area contributed by atoms with Crippen molar-refractivity contribution in [2.24, 2.45) is 0 Å². The first-order valence-corrected chi connectivity index (χ1v) is 11.0. The second-order valence-corrected chi connectivity index (χ2v) is 7.67. The lowest BCUT2D eigenvalue weighted by atomic mass is 10.2. The fourth-order valence-electron chi connectivity index (χ4n) is 2.71. The number of ether oxygens (including phenoxy) is 2. The summed E-state index contributed by atoms with van der Waals surface area (Å²) in [7, 11) is 1.56. The molecule has 0 aliphatic heterocycles. The van der Waals surface area contributed by atoms with Crippen LogP contribution in [0.2, 0.25) is 0 Å². The van der Waals surface area contributed by atoms with Crippen LogP contribution in [-0.4, -0.2) is 41.4 Å². The van der Waals surface area contributed by atoms with Crippen molar-refractivity contribution < 1.29 is 19.1 Å². The minimum absolute atomic E-state index is 0.185. The molecule has 0 saturated carbocycles. The van der Waals surface area contributed by atoms with Crippen LogP contribution in [0.4, 0.5) is 5.82 Å². The number of rotatable bonds is 8. The van der Waals surface area contributed by atoms with Crippen LogP contribution in [0.5, 0.6) is 5.75 Å². The molecule has 3 aromatic rings. The van der Waals surface area contributed by atoms with E-state index in [9.17, 15) is 9.59 Å². The lowest BCUT2D eigenvalue weighted by Gasteiger charge is -2.10. The van der Waals surface area contributed by atoms with Gasteiger partial charge < -0.3 is 19.4 Å². The first kappa shape index (κ1) is 20.9. The van der Waals surface area contributed by atoms with E-state index < -0.39 is 5.97 Å². The highest BCUT2D eigenvalue weighted by Crippen LogP contribution is 2.27. The number of benzene rings is 1. The second kappa shape index (κ2) is 9.62. The maximum Gasteiger partial charge on any atom is 0.358 e. The zero-order valence-corrected chi connectivity index (χ0v) is 17.9. The maximum atomic E-state index is 12.7. The number of aromatic nitrogens is 2. The molecule has 0 aliphatic rings. The maximum absolute atomic E-state index is 12.7. The van der Waals surface area contributed by atoms with Gasteiger partial charge >= 0.3 is 5.97 Å². The Morgan fingerprint density at radius 1 is 1.24 bits per heavy atom. The average molecular weight is 432 g/mol. The van der Waals surface area contributed by atoms with Gasteiger partial charge in [-0.25, -0.2) is 9.78 Å². The summed E-state index contributed by atoms with van der Waals surface area (Å²) in [6.07, 6.45) is 1.87. The van der Waals surface area contributed by atoms with E-state index >= 15 is 0 Å². The number of hydrogen-bond donors (Lipinski definition) is 1. The van der Waals surface area contributed by atoms with E-state index in [2.05, 4.69) is 10.3 Å². The molecule has 0 atom stereocenters. The lowest BCUT2D eigenvalue weighted by Crippen LogP contribution is -2.18. The van der Waals surface area contributed by atoms with Crippen molar-refractivity contribution in [2.75, 3.05) is 25.3 Å². The molecule has 0 fully saturated rings. The number of thiophene rings is 1. The van der Waals surface area contributed by atoms with Crippen LogP contribution in [0, 0.1) is 0 Å². The number of nitrogens with one attached hydrogen (secondary N) is 1. The molecule has 0 spiro atoms. The highest BCUT2D eigenvalue weighted by atomic mass is 32.2. The molecule has 9 heteroatoms. The summed E-state index contributed by atoms with van der Waals surface area (Å²) in [6.45, 7) is 2.43. The summed E-state index contributed by atoms with van der Waals surface area (Å²) >= 11 is 2.98. The van der Waals surface area contributed by atoms with Crippen molar-refractivity contribution in [3.63, 3.8) is 0 Å². The summed E-state index contributed by atoms with van der Waals surface area (Å²) in [5.41, 5.74) is 0.658. The van der Waals surface area contributed by atoms with Crippen molar-refractivity contribution >= 4 is 40.8 Å².